The van der Waals surface area contributed by atoms with Gasteiger partial charge in [0.15, 0.2) is 0 Å². The number of rotatable bonds is 3. The second-order valence-electron chi connectivity index (χ2n) is 4.86. The molecule has 0 heterocycles. The number of phenols is 2. The van der Waals surface area contributed by atoms with E-state index in [2.05, 4.69) is 4.99 Å². The predicted octanol–water partition coefficient (Wildman–Crippen LogP) is 4.52. The largest absolute Gasteiger partial charge is 0.507 e. The van der Waals surface area contributed by atoms with E-state index in [1.807, 2.05) is 42.5 Å². The van der Waals surface area contributed by atoms with Gasteiger partial charge in [-0.15, -0.1) is 0 Å². The first-order valence-corrected chi connectivity index (χ1v) is 6.95. The molecule has 0 spiro atoms. The van der Waals surface area contributed by atoms with E-state index in [9.17, 15) is 10.2 Å². The highest BCUT2D eigenvalue weighted by molar-refractivity contribution is 5.90. The molecule has 2 N–H and O–H groups in total. The summed E-state index contributed by atoms with van der Waals surface area (Å²) in [5.74, 6) is 0.283. The molecule has 0 aliphatic heterocycles. The molecule has 0 bridgehead atoms. The smallest absolute Gasteiger partial charge is 0.141 e. The van der Waals surface area contributed by atoms with Crippen molar-refractivity contribution in [1.29, 1.82) is 0 Å². The molecule has 3 rings (SSSR count). The number of phenolic OH excluding ortho intramolecular Hbond substituents is 2. The number of benzene rings is 3. The number of aliphatic imine (C=N–C) groups is 1. The van der Waals surface area contributed by atoms with Crippen LogP contribution in [0.15, 0.2) is 77.8 Å². The number of nitrogens with zero attached hydrogens (tertiary/aromatic N) is 1. The Morgan fingerprint density at radius 3 is 2.23 bits per heavy atom. The van der Waals surface area contributed by atoms with Gasteiger partial charge in [0.2, 0.25) is 0 Å². The lowest BCUT2D eigenvalue weighted by Gasteiger charge is -2.07. The maximum atomic E-state index is 10.4. The lowest BCUT2D eigenvalue weighted by Crippen LogP contribution is -1.86. The van der Waals surface area contributed by atoms with Crippen LogP contribution < -0.4 is 0 Å². The van der Waals surface area contributed by atoms with Gasteiger partial charge in [-0.25, -0.2) is 0 Å². The average Bonchev–Trinajstić information content (AvgIpc) is 2.56. The number of aromatic hydroxyl groups is 2. The molecular formula is C19H15NO2. The van der Waals surface area contributed by atoms with Crippen LogP contribution in [0.25, 0.3) is 11.1 Å². The van der Waals surface area contributed by atoms with E-state index >= 15 is 0 Å². The van der Waals surface area contributed by atoms with Crippen LogP contribution in [0, 0.1) is 0 Å². The third kappa shape index (κ3) is 2.83. The van der Waals surface area contributed by atoms with Crippen molar-refractivity contribution in [3.05, 3.63) is 78.4 Å². The summed E-state index contributed by atoms with van der Waals surface area (Å²) >= 11 is 0. The van der Waals surface area contributed by atoms with Crippen molar-refractivity contribution < 1.29 is 10.2 Å². The first-order valence-electron chi connectivity index (χ1n) is 6.95. The molecule has 3 aromatic carbocycles. The number of para-hydroxylation sites is 3. The summed E-state index contributed by atoms with van der Waals surface area (Å²) in [5, 5.41) is 20.1. The van der Waals surface area contributed by atoms with Crippen LogP contribution in [0.5, 0.6) is 11.5 Å². The highest BCUT2D eigenvalue weighted by Crippen LogP contribution is 2.32. The highest BCUT2D eigenvalue weighted by atomic mass is 16.3. The quantitative estimate of drug-likeness (QED) is 0.697. The van der Waals surface area contributed by atoms with Crippen molar-refractivity contribution in [3.63, 3.8) is 0 Å². The zero-order chi connectivity index (χ0) is 15.4. The fourth-order valence-corrected chi connectivity index (χ4v) is 2.23. The Labute approximate surface area is 128 Å². The molecule has 0 aromatic heterocycles. The Morgan fingerprint density at radius 2 is 1.45 bits per heavy atom. The van der Waals surface area contributed by atoms with Gasteiger partial charge in [-0.2, -0.15) is 0 Å². The van der Waals surface area contributed by atoms with Gasteiger partial charge in [-0.05, 0) is 23.8 Å². The number of hydrogen-bond donors (Lipinski definition) is 2. The monoisotopic (exact) mass is 289 g/mol. The minimum atomic E-state index is 0.109. The average molecular weight is 289 g/mol. The Balaban J connectivity index is 1.98. The third-order valence-electron chi connectivity index (χ3n) is 3.38. The van der Waals surface area contributed by atoms with E-state index in [4.69, 9.17) is 0 Å². The summed E-state index contributed by atoms with van der Waals surface area (Å²) in [6.45, 7) is 0. The fourth-order valence-electron chi connectivity index (χ4n) is 2.23. The van der Waals surface area contributed by atoms with E-state index in [1.54, 1.807) is 36.5 Å². The molecule has 22 heavy (non-hydrogen) atoms. The second kappa shape index (κ2) is 6.14. The van der Waals surface area contributed by atoms with Gasteiger partial charge in [0, 0.05) is 17.3 Å². The lowest BCUT2D eigenvalue weighted by molar-refractivity contribution is 0.475. The maximum absolute atomic E-state index is 10.4. The molecule has 0 amide bonds. The van der Waals surface area contributed by atoms with Crippen molar-refractivity contribution in [3.8, 4) is 22.6 Å². The third-order valence-corrected chi connectivity index (χ3v) is 3.38. The van der Waals surface area contributed by atoms with Crippen LogP contribution in [0.4, 0.5) is 5.69 Å². The topological polar surface area (TPSA) is 52.8 Å². The second-order valence-corrected chi connectivity index (χ2v) is 4.86. The van der Waals surface area contributed by atoms with Crippen LogP contribution >= 0.6 is 0 Å². The van der Waals surface area contributed by atoms with Crippen molar-refractivity contribution in [2.45, 2.75) is 0 Å². The summed E-state index contributed by atoms with van der Waals surface area (Å²) in [6.07, 6.45) is 1.55. The lowest BCUT2D eigenvalue weighted by atomic mass is 10.0. The summed E-state index contributed by atoms with van der Waals surface area (Å²) in [6, 6.07) is 22.0. The molecule has 0 fully saturated rings. The first kappa shape index (κ1) is 13.9. The zero-order valence-electron chi connectivity index (χ0n) is 11.8. The van der Waals surface area contributed by atoms with E-state index in [0.29, 0.717) is 11.3 Å². The summed E-state index contributed by atoms with van der Waals surface area (Å²) in [4.78, 5) is 4.24. The van der Waals surface area contributed by atoms with Crippen LogP contribution in [0.2, 0.25) is 0 Å². The minimum Gasteiger partial charge on any atom is -0.507 e. The summed E-state index contributed by atoms with van der Waals surface area (Å²) < 4.78 is 0. The molecule has 0 saturated carbocycles. The SMILES string of the molecule is Oc1ccccc1N=Cc1cccc(-c2ccccc2)c1O. The minimum absolute atomic E-state index is 0.109. The van der Waals surface area contributed by atoms with Crippen molar-refractivity contribution in [2.24, 2.45) is 4.99 Å². The van der Waals surface area contributed by atoms with Crippen LogP contribution in [0.3, 0.4) is 0 Å². The highest BCUT2D eigenvalue weighted by Gasteiger charge is 2.07. The van der Waals surface area contributed by atoms with Gasteiger partial charge in [0.05, 0.1) is 0 Å². The fraction of sp³-hybridized carbons (Fsp3) is 0. The molecule has 0 saturated heterocycles. The van der Waals surface area contributed by atoms with Gasteiger partial charge in [-0.1, -0.05) is 54.6 Å². The standard InChI is InChI=1S/C19H15NO2/c21-18-12-5-4-11-17(18)20-13-15-9-6-10-16(19(15)22)14-7-2-1-3-8-14/h1-13,21-22H. The van der Waals surface area contributed by atoms with E-state index in [1.165, 1.54) is 0 Å². The van der Waals surface area contributed by atoms with Crippen LogP contribution in [-0.2, 0) is 0 Å². The van der Waals surface area contributed by atoms with Gasteiger partial charge in [0.1, 0.15) is 17.2 Å². The van der Waals surface area contributed by atoms with Crippen LogP contribution in [0.1, 0.15) is 5.56 Å². The molecule has 0 radical (unpaired) electrons. The van der Waals surface area contributed by atoms with E-state index in [-0.39, 0.29) is 11.5 Å². The first-order chi connectivity index (χ1) is 10.8. The Morgan fingerprint density at radius 1 is 0.727 bits per heavy atom. The molecule has 3 aromatic rings. The van der Waals surface area contributed by atoms with Gasteiger partial charge >= 0.3 is 0 Å². The van der Waals surface area contributed by atoms with E-state index < -0.39 is 0 Å². The molecule has 0 aliphatic carbocycles. The molecule has 0 atom stereocenters. The van der Waals surface area contributed by atoms with Crippen LogP contribution in [-0.4, -0.2) is 16.4 Å². The van der Waals surface area contributed by atoms with Gasteiger partial charge < -0.3 is 10.2 Å². The zero-order valence-corrected chi connectivity index (χ0v) is 11.8. The molecule has 3 nitrogen and oxygen atoms in total. The molecule has 108 valence electrons. The molecule has 0 aliphatic rings. The van der Waals surface area contributed by atoms with E-state index in [0.717, 1.165) is 11.1 Å². The maximum Gasteiger partial charge on any atom is 0.141 e. The molecule has 0 unspecified atom stereocenters. The van der Waals surface area contributed by atoms with Crippen molar-refractivity contribution in [1.82, 2.24) is 0 Å². The molecular weight excluding hydrogens is 274 g/mol. The Kier molecular flexibility index (Phi) is 3.88. The summed E-state index contributed by atoms with van der Waals surface area (Å²) in [7, 11) is 0. The molecule has 3 heteroatoms. The van der Waals surface area contributed by atoms with Crippen molar-refractivity contribution >= 4 is 11.9 Å². The van der Waals surface area contributed by atoms with Gasteiger partial charge in [-0.3, -0.25) is 4.99 Å². The Hall–Kier alpha value is -3.07. The van der Waals surface area contributed by atoms with Crippen molar-refractivity contribution in [2.75, 3.05) is 0 Å². The Bertz CT molecular complexity index is 811. The summed E-state index contributed by atoms with van der Waals surface area (Å²) in [5.41, 5.74) is 2.76. The number of hydrogen-bond acceptors (Lipinski definition) is 3. The predicted molar refractivity (Wildman–Crippen MR) is 88.9 cm³/mol. The van der Waals surface area contributed by atoms with Gasteiger partial charge in [0.25, 0.3) is 0 Å². The normalized spacial score (nSPS) is 10.9.